The van der Waals surface area contributed by atoms with Crippen molar-refractivity contribution in [1.82, 2.24) is 5.32 Å². The van der Waals surface area contributed by atoms with E-state index in [4.69, 9.17) is 9.47 Å². The minimum atomic E-state index is -0.895. The van der Waals surface area contributed by atoms with E-state index >= 15 is 0 Å². The molecule has 0 unspecified atom stereocenters. The molecule has 1 atom stereocenters. The summed E-state index contributed by atoms with van der Waals surface area (Å²) in [7, 11) is 1.23. The molecule has 0 heterocycles. The van der Waals surface area contributed by atoms with Gasteiger partial charge in [0.2, 0.25) is 0 Å². The number of rotatable bonds is 8. The molecule has 2 aromatic rings. The lowest BCUT2D eigenvalue weighted by molar-refractivity contribution is -0.147. The molecule has 0 aliphatic rings. The van der Waals surface area contributed by atoms with E-state index in [-0.39, 0.29) is 12.2 Å². The van der Waals surface area contributed by atoms with E-state index in [0.29, 0.717) is 5.56 Å². The lowest BCUT2D eigenvalue weighted by atomic mass is 10.1. The molecule has 2 rings (SSSR count). The van der Waals surface area contributed by atoms with E-state index < -0.39 is 30.5 Å². The van der Waals surface area contributed by atoms with Crippen molar-refractivity contribution in [1.29, 1.82) is 0 Å². The number of ether oxygens (including phenoxy) is 2. The van der Waals surface area contributed by atoms with Crippen LogP contribution in [0.2, 0.25) is 0 Å². The molecule has 0 bridgehead atoms. The van der Waals surface area contributed by atoms with Crippen molar-refractivity contribution in [2.24, 2.45) is 0 Å². The van der Waals surface area contributed by atoms with Gasteiger partial charge in [0.15, 0.2) is 6.61 Å². The Kier molecular flexibility index (Phi) is 7.90. The SMILES string of the molecule is COC(=O)[C@@H](Cc1ccccc1)NC(=O)COC(=O)/C=C/c1ccc(F)cc1. The Morgan fingerprint density at radius 3 is 2.39 bits per heavy atom. The Balaban J connectivity index is 1.85. The summed E-state index contributed by atoms with van der Waals surface area (Å²) in [4.78, 5) is 35.6. The highest BCUT2D eigenvalue weighted by atomic mass is 19.1. The molecule has 28 heavy (non-hydrogen) atoms. The molecule has 1 N–H and O–H groups in total. The number of benzene rings is 2. The fourth-order valence-electron chi connectivity index (χ4n) is 2.34. The molecule has 0 aliphatic carbocycles. The zero-order chi connectivity index (χ0) is 20.4. The van der Waals surface area contributed by atoms with E-state index in [1.165, 1.54) is 37.5 Å². The van der Waals surface area contributed by atoms with Gasteiger partial charge >= 0.3 is 11.9 Å². The summed E-state index contributed by atoms with van der Waals surface area (Å²) >= 11 is 0. The Bertz CT molecular complexity index is 834. The normalized spacial score (nSPS) is 11.6. The van der Waals surface area contributed by atoms with Gasteiger partial charge in [-0.2, -0.15) is 0 Å². The first-order valence-electron chi connectivity index (χ1n) is 8.49. The van der Waals surface area contributed by atoms with Crippen molar-refractivity contribution in [2.45, 2.75) is 12.5 Å². The number of esters is 2. The van der Waals surface area contributed by atoms with Crippen LogP contribution < -0.4 is 5.32 Å². The van der Waals surface area contributed by atoms with Crippen LogP contribution in [0.4, 0.5) is 4.39 Å². The van der Waals surface area contributed by atoms with E-state index in [1.807, 2.05) is 30.3 Å². The Hall–Kier alpha value is -3.48. The van der Waals surface area contributed by atoms with Crippen LogP contribution in [0.25, 0.3) is 6.08 Å². The van der Waals surface area contributed by atoms with Crippen molar-refractivity contribution >= 4 is 23.9 Å². The van der Waals surface area contributed by atoms with Gasteiger partial charge in [0.25, 0.3) is 5.91 Å². The lowest BCUT2D eigenvalue weighted by Gasteiger charge is -2.16. The lowest BCUT2D eigenvalue weighted by Crippen LogP contribution is -2.44. The summed E-state index contributed by atoms with van der Waals surface area (Å²) in [5.41, 5.74) is 1.45. The zero-order valence-corrected chi connectivity index (χ0v) is 15.3. The number of halogens is 1. The quantitative estimate of drug-likeness (QED) is 0.557. The third-order valence-corrected chi connectivity index (χ3v) is 3.73. The molecule has 0 saturated carbocycles. The van der Waals surface area contributed by atoms with Crippen LogP contribution in [0, 0.1) is 5.82 Å². The average molecular weight is 385 g/mol. The predicted molar refractivity (Wildman–Crippen MR) is 100 cm³/mol. The maximum atomic E-state index is 12.8. The van der Waals surface area contributed by atoms with Crippen LogP contribution in [-0.4, -0.2) is 37.6 Å². The van der Waals surface area contributed by atoms with E-state index in [1.54, 1.807) is 0 Å². The molecular weight excluding hydrogens is 365 g/mol. The Morgan fingerprint density at radius 2 is 1.75 bits per heavy atom. The van der Waals surface area contributed by atoms with Crippen molar-refractivity contribution in [3.05, 3.63) is 77.6 Å². The van der Waals surface area contributed by atoms with Crippen LogP contribution in [0.15, 0.2) is 60.7 Å². The molecule has 0 spiro atoms. The first-order valence-corrected chi connectivity index (χ1v) is 8.49. The van der Waals surface area contributed by atoms with Crippen LogP contribution in [0.5, 0.6) is 0 Å². The van der Waals surface area contributed by atoms with Gasteiger partial charge in [-0.3, -0.25) is 4.79 Å². The van der Waals surface area contributed by atoms with E-state index in [9.17, 15) is 18.8 Å². The van der Waals surface area contributed by atoms with E-state index in [0.717, 1.165) is 11.6 Å². The van der Waals surface area contributed by atoms with Gasteiger partial charge in [-0.1, -0.05) is 42.5 Å². The topological polar surface area (TPSA) is 81.7 Å². The van der Waals surface area contributed by atoms with Gasteiger partial charge in [-0.25, -0.2) is 14.0 Å². The molecular formula is C21H20FNO5. The van der Waals surface area contributed by atoms with Gasteiger partial charge in [-0.05, 0) is 29.3 Å². The third kappa shape index (κ3) is 7.03. The molecule has 0 aromatic heterocycles. The monoisotopic (exact) mass is 385 g/mol. The van der Waals surface area contributed by atoms with Crippen molar-refractivity contribution in [3.63, 3.8) is 0 Å². The van der Waals surface area contributed by atoms with Gasteiger partial charge in [0.05, 0.1) is 7.11 Å². The Labute approximate surface area is 162 Å². The number of carbonyl (C=O) groups is 3. The highest BCUT2D eigenvalue weighted by Gasteiger charge is 2.22. The van der Waals surface area contributed by atoms with Gasteiger partial charge < -0.3 is 14.8 Å². The number of carbonyl (C=O) groups excluding carboxylic acids is 3. The second kappa shape index (κ2) is 10.6. The second-order valence-corrected chi connectivity index (χ2v) is 5.83. The summed E-state index contributed by atoms with van der Waals surface area (Å²) < 4.78 is 22.4. The number of hydrogen-bond donors (Lipinski definition) is 1. The van der Waals surface area contributed by atoms with Crippen LogP contribution >= 0.6 is 0 Å². The maximum absolute atomic E-state index is 12.8. The minimum Gasteiger partial charge on any atom is -0.467 e. The molecule has 7 heteroatoms. The highest BCUT2D eigenvalue weighted by molar-refractivity contribution is 5.90. The summed E-state index contributed by atoms with van der Waals surface area (Å²) in [6.45, 7) is -0.547. The van der Waals surface area contributed by atoms with Crippen molar-refractivity contribution in [3.8, 4) is 0 Å². The molecule has 6 nitrogen and oxygen atoms in total. The average Bonchev–Trinajstić information content (AvgIpc) is 2.71. The molecule has 0 saturated heterocycles. The van der Waals surface area contributed by atoms with Crippen molar-refractivity contribution in [2.75, 3.05) is 13.7 Å². The molecule has 0 fully saturated rings. The third-order valence-electron chi connectivity index (χ3n) is 3.73. The largest absolute Gasteiger partial charge is 0.467 e. The number of amides is 1. The van der Waals surface area contributed by atoms with E-state index in [2.05, 4.69) is 5.32 Å². The molecule has 1 amide bonds. The highest BCUT2D eigenvalue weighted by Crippen LogP contribution is 2.06. The molecule has 146 valence electrons. The fraction of sp³-hybridized carbons (Fsp3) is 0.190. The summed E-state index contributed by atoms with van der Waals surface area (Å²) in [5, 5.41) is 2.50. The molecule has 0 aliphatic heterocycles. The Morgan fingerprint density at radius 1 is 1.07 bits per heavy atom. The van der Waals surface area contributed by atoms with Gasteiger partial charge in [-0.15, -0.1) is 0 Å². The summed E-state index contributed by atoms with van der Waals surface area (Å²) in [6, 6.07) is 13.7. The number of nitrogens with one attached hydrogen (secondary N) is 1. The molecule has 0 radical (unpaired) electrons. The van der Waals surface area contributed by atoms with Gasteiger partial charge in [0, 0.05) is 12.5 Å². The van der Waals surface area contributed by atoms with Gasteiger partial charge in [0.1, 0.15) is 11.9 Å². The zero-order valence-electron chi connectivity index (χ0n) is 15.3. The van der Waals surface area contributed by atoms with Crippen LogP contribution in [0.1, 0.15) is 11.1 Å². The maximum Gasteiger partial charge on any atom is 0.331 e. The molecule has 2 aromatic carbocycles. The first kappa shape index (κ1) is 20.8. The van der Waals surface area contributed by atoms with Crippen molar-refractivity contribution < 1.29 is 28.2 Å². The van der Waals surface area contributed by atoms with Crippen LogP contribution in [-0.2, 0) is 30.3 Å². The van der Waals surface area contributed by atoms with Crippen LogP contribution in [0.3, 0.4) is 0 Å². The number of methoxy groups -OCH3 is 1. The standard InChI is InChI=1S/C21H20FNO5/c1-27-21(26)18(13-16-5-3-2-4-6-16)23-19(24)14-28-20(25)12-9-15-7-10-17(22)11-8-15/h2-12,18H,13-14H2,1H3,(H,23,24)/b12-9+/t18-/m1/s1. The number of hydrogen-bond acceptors (Lipinski definition) is 5. The predicted octanol–water partition coefficient (Wildman–Crippen LogP) is 2.28. The first-order chi connectivity index (χ1) is 13.5. The second-order valence-electron chi connectivity index (χ2n) is 5.83. The fourth-order valence-corrected chi connectivity index (χ4v) is 2.34. The summed E-state index contributed by atoms with van der Waals surface area (Å²) in [5.74, 6) is -2.35. The summed E-state index contributed by atoms with van der Waals surface area (Å²) in [6.07, 6.45) is 2.81. The smallest absolute Gasteiger partial charge is 0.331 e. The minimum absolute atomic E-state index is 0.248.